The summed E-state index contributed by atoms with van der Waals surface area (Å²) in [6.07, 6.45) is 9.03. The van der Waals surface area contributed by atoms with Gasteiger partial charge in [0.25, 0.3) is 5.89 Å². The number of amides is 1. The maximum atomic E-state index is 12.6. The Hall–Kier alpha value is -2.96. The minimum Gasteiger partial charge on any atom is -0.472 e. The average molecular weight is 364 g/mol. The molecule has 1 fully saturated rings. The van der Waals surface area contributed by atoms with Gasteiger partial charge in [-0.2, -0.15) is 4.98 Å². The fourth-order valence-electron chi connectivity index (χ4n) is 3.88. The monoisotopic (exact) mass is 364 g/mol. The molecule has 5 rings (SSSR count). The molecule has 3 aromatic rings. The van der Waals surface area contributed by atoms with Crippen LogP contribution in [0.15, 0.2) is 33.7 Å². The summed E-state index contributed by atoms with van der Waals surface area (Å²) in [7, 11) is 0. The third-order valence-corrected chi connectivity index (χ3v) is 5.64. The minimum absolute atomic E-state index is 0.221. The summed E-state index contributed by atoms with van der Waals surface area (Å²) >= 11 is 0. The molecule has 0 spiro atoms. The van der Waals surface area contributed by atoms with Crippen LogP contribution in [0.25, 0.3) is 22.8 Å². The Morgan fingerprint density at radius 2 is 2.22 bits per heavy atom. The molecule has 1 saturated carbocycles. The van der Waals surface area contributed by atoms with Crippen LogP contribution in [0.1, 0.15) is 36.1 Å². The summed E-state index contributed by atoms with van der Waals surface area (Å²) in [5, 5.41) is 4.17. The number of nitrogens with zero attached hydrogens (tertiary/aromatic N) is 4. The second kappa shape index (κ2) is 6.33. The van der Waals surface area contributed by atoms with Gasteiger partial charge in [0.15, 0.2) is 0 Å². The van der Waals surface area contributed by atoms with E-state index in [1.54, 1.807) is 18.6 Å². The van der Waals surface area contributed by atoms with Crippen molar-refractivity contribution in [2.75, 3.05) is 6.54 Å². The van der Waals surface area contributed by atoms with Crippen molar-refractivity contribution in [3.05, 3.63) is 41.6 Å². The predicted molar refractivity (Wildman–Crippen MR) is 96.4 cm³/mol. The van der Waals surface area contributed by atoms with Gasteiger partial charge in [-0.05, 0) is 43.4 Å². The Bertz CT molecular complexity index is 989. The molecule has 1 aliphatic carbocycles. The lowest BCUT2D eigenvalue weighted by Gasteiger charge is -2.35. The third kappa shape index (κ3) is 2.74. The number of carbonyl (C=O) groups excluding carboxylic acids is 1. The van der Waals surface area contributed by atoms with Gasteiger partial charge >= 0.3 is 0 Å². The standard InChI is InChI=1S/C20H20N4O3/c1-12-17(18-22-19(27-23-18)14-6-8-26-11-14)16-5-7-24(10-15(16)9-21-12)20(25)13-3-2-4-13/h6,8-9,11,13H,2-5,7,10H2,1H3. The number of aryl methyl sites for hydroxylation is 1. The highest BCUT2D eigenvalue weighted by atomic mass is 16.5. The molecule has 7 nitrogen and oxygen atoms in total. The molecule has 27 heavy (non-hydrogen) atoms. The van der Waals surface area contributed by atoms with E-state index in [-0.39, 0.29) is 11.8 Å². The van der Waals surface area contributed by atoms with Crippen LogP contribution in [0, 0.1) is 12.8 Å². The number of fused-ring (bicyclic) bond motifs is 1. The van der Waals surface area contributed by atoms with Crippen molar-refractivity contribution in [1.82, 2.24) is 20.0 Å². The Kier molecular flexibility index (Phi) is 3.81. The number of carbonyl (C=O) groups is 1. The molecule has 0 unspecified atom stereocenters. The molecule has 0 saturated heterocycles. The summed E-state index contributed by atoms with van der Waals surface area (Å²) in [6, 6.07) is 1.78. The fourth-order valence-corrected chi connectivity index (χ4v) is 3.88. The van der Waals surface area contributed by atoms with Crippen LogP contribution in [0.3, 0.4) is 0 Å². The quantitative estimate of drug-likeness (QED) is 0.708. The molecule has 7 heteroatoms. The number of aromatic nitrogens is 3. The van der Waals surface area contributed by atoms with Crippen LogP contribution in [0.5, 0.6) is 0 Å². The zero-order valence-corrected chi connectivity index (χ0v) is 15.1. The zero-order valence-electron chi connectivity index (χ0n) is 15.1. The van der Waals surface area contributed by atoms with E-state index in [1.807, 2.05) is 18.0 Å². The maximum absolute atomic E-state index is 12.6. The number of pyridine rings is 1. The van der Waals surface area contributed by atoms with Gasteiger partial charge in [-0.15, -0.1) is 0 Å². The van der Waals surface area contributed by atoms with E-state index in [0.717, 1.165) is 48.2 Å². The molecule has 3 aromatic heterocycles. The zero-order chi connectivity index (χ0) is 18.4. The van der Waals surface area contributed by atoms with E-state index in [4.69, 9.17) is 8.94 Å². The predicted octanol–water partition coefficient (Wildman–Crippen LogP) is 3.38. The highest BCUT2D eigenvalue weighted by Crippen LogP contribution is 2.34. The van der Waals surface area contributed by atoms with Gasteiger partial charge in [0, 0.05) is 36.5 Å². The van der Waals surface area contributed by atoms with Crippen molar-refractivity contribution in [2.45, 2.75) is 39.2 Å². The van der Waals surface area contributed by atoms with Crippen molar-refractivity contribution in [3.8, 4) is 22.8 Å². The Labute approximate surface area is 156 Å². The molecule has 0 aromatic carbocycles. The largest absolute Gasteiger partial charge is 0.472 e. The summed E-state index contributed by atoms with van der Waals surface area (Å²) in [5.41, 5.74) is 4.78. The molecular formula is C20H20N4O3. The molecule has 4 heterocycles. The summed E-state index contributed by atoms with van der Waals surface area (Å²) < 4.78 is 10.5. The van der Waals surface area contributed by atoms with Crippen LogP contribution >= 0.6 is 0 Å². The lowest BCUT2D eigenvalue weighted by molar-refractivity contribution is -0.139. The van der Waals surface area contributed by atoms with Gasteiger partial charge in [0.05, 0.1) is 11.8 Å². The highest BCUT2D eigenvalue weighted by Gasteiger charge is 2.32. The van der Waals surface area contributed by atoms with Crippen LogP contribution in [-0.2, 0) is 17.8 Å². The molecule has 0 bridgehead atoms. The van der Waals surface area contributed by atoms with Crippen molar-refractivity contribution in [3.63, 3.8) is 0 Å². The van der Waals surface area contributed by atoms with E-state index in [0.29, 0.717) is 18.3 Å². The number of hydrogen-bond acceptors (Lipinski definition) is 6. The van der Waals surface area contributed by atoms with Crippen LogP contribution in [-0.4, -0.2) is 32.5 Å². The number of rotatable bonds is 3. The molecule has 0 atom stereocenters. The third-order valence-electron chi connectivity index (χ3n) is 5.64. The molecule has 1 amide bonds. The highest BCUT2D eigenvalue weighted by molar-refractivity contribution is 5.80. The van der Waals surface area contributed by atoms with Gasteiger partial charge in [-0.3, -0.25) is 9.78 Å². The Morgan fingerprint density at radius 1 is 1.33 bits per heavy atom. The first-order valence-electron chi connectivity index (χ1n) is 9.33. The summed E-state index contributed by atoms with van der Waals surface area (Å²) in [4.78, 5) is 23.6. The first kappa shape index (κ1) is 16.2. The van der Waals surface area contributed by atoms with E-state index in [2.05, 4.69) is 15.1 Å². The first-order chi connectivity index (χ1) is 13.2. The van der Waals surface area contributed by atoms with Crippen molar-refractivity contribution >= 4 is 5.91 Å². The van der Waals surface area contributed by atoms with Gasteiger partial charge in [-0.25, -0.2) is 0 Å². The topological polar surface area (TPSA) is 85.3 Å². The Balaban J connectivity index is 1.47. The normalized spacial score (nSPS) is 16.9. The Morgan fingerprint density at radius 3 is 2.96 bits per heavy atom. The summed E-state index contributed by atoms with van der Waals surface area (Å²) in [6.45, 7) is 3.29. The lowest BCUT2D eigenvalue weighted by atomic mass is 9.83. The average Bonchev–Trinajstić information content (AvgIpc) is 3.31. The van der Waals surface area contributed by atoms with E-state index < -0.39 is 0 Å². The van der Waals surface area contributed by atoms with Crippen LogP contribution in [0.4, 0.5) is 0 Å². The molecule has 0 N–H and O–H groups in total. The fraction of sp³-hybridized carbons (Fsp3) is 0.400. The minimum atomic E-state index is 0.221. The SMILES string of the molecule is Cc1ncc2c(c1-c1noc(-c3ccoc3)n1)CCN(C(=O)C1CCC1)C2. The molecule has 1 aliphatic heterocycles. The molecule has 2 aliphatic rings. The second-order valence-corrected chi connectivity index (χ2v) is 7.30. The van der Waals surface area contributed by atoms with E-state index in [9.17, 15) is 4.79 Å². The summed E-state index contributed by atoms with van der Waals surface area (Å²) in [5.74, 6) is 1.47. The lowest BCUT2D eigenvalue weighted by Crippen LogP contribution is -2.42. The van der Waals surface area contributed by atoms with Gasteiger partial charge < -0.3 is 13.8 Å². The van der Waals surface area contributed by atoms with Gasteiger partial charge in [0.2, 0.25) is 11.7 Å². The number of hydrogen-bond donors (Lipinski definition) is 0. The van der Waals surface area contributed by atoms with Gasteiger partial charge in [0.1, 0.15) is 6.26 Å². The van der Waals surface area contributed by atoms with E-state index >= 15 is 0 Å². The van der Waals surface area contributed by atoms with E-state index in [1.165, 1.54) is 12.0 Å². The van der Waals surface area contributed by atoms with Crippen LogP contribution < -0.4 is 0 Å². The molecular weight excluding hydrogens is 344 g/mol. The van der Waals surface area contributed by atoms with Crippen molar-refractivity contribution in [1.29, 1.82) is 0 Å². The molecule has 0 radical (unpaired) electrons. The molecule has 138 valence electrons. The van der Waals surface area contributed by atoms with Gasteiger partial charge in [-0.1, -0.05) is 11.6 Å². The first-order valence-corrected chi connectivity index (χ1v) is 9.33. The van der Waals surface area contributed by atoms with Crippen molar-refractivity contribution < 1.29 is 13.7 Å². The second-order valence-electron chi connectivity index (χ2n) is 7.30. The number of furan rings is 1. The maximum Gasteiger partial charge on any atom is 0.261 e. The van der Waals surface area contributed by atoms with Crippen molar-refractivity contribution in [2.24, 2.45) is 5.92 Å². The smallest absolute Gasteiger partial charge is 0.261 e. The van der Waals surface area contributed by atoms with Crippen LogP contribution in [0.2, 0.25) is 0 Å².